The van der Waals surface area contributed by atoms with Crippen molar-refractivity contribution in [1.29, 1.82) is 0 Å². The Morgan fingerprint density at radius 1 is 1.48 bits per heavy atom. The van der Waals surface area contributed by atoms with Gasteiger partial charge in [-0.05, 0) is 38.2 Å². The van der Waals surface area contributed by atoms with Crippen molar-refractivity contribution in [1.82, 2.24) is 24.6 Å². The van der Waals surface area contributed by atoms with Gasteiger partial charge in [0.15, 0.2) is 0 Å². The highest BCUT2D eigenvalue weighted by atomic mass is 16.2. The molecule has 0 saturated carbocycles. The number of amides is 1. The normalized spacial score (nSPS) is 15.5. The maximum absolute atomic E-state index is 12.5. The molecule has 0 saturated heterocycles. The number of nitrogens with one attached hydrogen (secondary N) is 1. The fourth-order valence-corrected chi connectivity index (χ4v) is 2.93. The van der Waals surface area contributed by atoms with Gasteiger partial charge in [0, 0.05) is 25.1 Å². The van der Waals surface area contributed by atoms with Crippen LogP contribution in [0.3, 0.4) is 0 Å². The molecule has 1 aliphatic carbocycles. The van der Waals surface area contributed by atoms with Gasteiger partial charge in [0.05, 0.1) is 18.6 Å². The number of hydrogen-bond acceptors (Lipinski definition) is 3. The van der Waals surface area contributed by atoms with Crippen molar-refractivity contribution in [2.75, 3.05) is 7.05 Å². The smallest absolute Gasteiger partial charge is 0.245 e. The third-order valence-corrected chi connectivity index (χ3v) is 4.23. The molecule has 6 heteroatoms. The van der Waals surface area contributed by atoms with Gasteiger partial charge in [-0.25, -0.2) is 4.98 Å². The van der Waals surface area contributed by atoms with Crippen LogP contribution in [-0.2, 0) is 24.2 Å². The Labute approximate surface area is 124 Å². The maximum atomic E-state index is 12.5. The summed E-state index contributed by atoms with van der Waals surface area (Å²) in [5.74, 6) is 0.0700. The molecule has 3 rings (SSSR count). The molecule has 1 N–H and O–H groups in total. The molecule has 0 unspecified atom stereocenters. The van der Waals surface area contributed by atoms with Crippen LogP contribution < -0.4 is 0 Å². The minimum atomic E-state index is -0.243. The highest BCUT2D eigenvalue weighted by molar-refractivity contribution is 5.79. The number of aromatic nitrogens is 4. The number of carbonyl (C=O) groups is 1. The standard InChI is InChI=1S/C15H21N5O/c1-11(20-8-7-16-10-20)15(21)19(2)9-14-12-5-3-4-6-13(12)17-18-14/h7-8,10-11H,3-6,9H2,1-2H3,(H,17,18)/t11-/m1/s1. The summed E-state index contributed by atoms with van der Waals surface area (Å²) in [6, 6.07) is -0.243. The van der Waals surface area contributed by atoms with Crippen molar-refractivity contribution in [2.45, 2.75) is 45.2 Å². The number of fused-ring (bicyclic) bond motifs is 1. The van der Waals surface area contributed by atoms with Crippen LogP contribution in [0.1, 0.15) is 42.8 Å². The summed E-state index contributed by atoms with van der Waals surface area (Å²) < 4.78 is 1.82. The van der Waals surface area contributed by atoms with Crippen LogP contribution in [0.2, 0.25) is 0 Å². The van der Waals surface area contributed by atoms with Crippen molar-refractivity contribution in [3.63, 3.8) is 0 Å². The number of carbonyl (C=O) groups excluding carboxylic acids is 1. The molecule has 21 heavy (non-hydrogen) atoms. The lowest BCUT2D eigenvalue weighted by atomic mass is 9.96. The Morgan fingerprint density at radius 3 is 3.05 bits per heavy atom. The second-order valence-electron chi connectivity index (χ2n) is 5.71. The lowest BCUT2D eigenvalue weighted by Gasteiger charge is -2.22. The summed E-state index contributed by atoms with van der Waals surface area (Å²) in [5, 5.41) is 7.53. The first-order valence-corrected chi connectivity index (χ1v) is 7.44. The molecule has 0 bridgehead atoms. The van der Waals surface area contributed by atoms with E-state index >= 15 is 0 Å². The topological polar surface area (TPSA) is 66.8 Å². The predicted octanol–water partition coefficient (Wildman–Crippen LogP) is 1.70. The van der Waals surface area contributed by atoms with Gasteiger partial charge >= 0.3 is 0 Å². The van der Waals surface area contributed by atoms with E-state index in [1.807, 2.05) is 24.7 Å². The Bertz CT molecular complexity index is 616. The molecule has 112 valence electrons. The van der Waals surface area contributed by atoms with Crippen LogP contribution in [-0.4, -0.2) is 37.6 Å². The summed E-state index contributed by atoms with van der Waals surface area (Å²) in [5.41, 5.74) is 3.58. The highest BCUT2D eigenvalue weighted by Crippen LogP contribution is 2.23. The van der Waals surface area contributed by atoms with E-state index in [1.165, 1.54) is 24.1 Å². The van der Waals surface area contributed by atoms with Crippen LogP contribution in [0.5, 0.6) is 0 Å². The van der Waals surface area contributed by atoms with Crippen molar-refractivity contribution >= 4 is 5.91 Å². The molecule has 2 aromatic rings. The molecular formula is C15H21N5O. The maximum Gasteiger partial charge on any atom is 0.245 e. The van der Waals surface area contributed by atoms with Gasteiger partial charge in [0.25, 0.3) is 0 Å². The number of rotatable bonds is 4. The van der Waals surface area contributed by atoms with E-state index in [0.717, 1.165) is 18.5 Å². The number of imidazole rings is 1. The molecule has 1 amide bonds. The molecule has 0 aliphatic heterocycles. The van der Waals surface area contributed by atoms with Crippen molar-refractivity contribution < 1.29 is 4.79 Å². The van der Waals surface area contributed by atoms with Gasteiger partial charge in [-0.1, -0.05) is 0 Å². The zero-order valence-electron chi connectivity index (χ0n) is 12.5. The number of nitrogens with zero attached hydrogens (tertiary/aromatic N) is 4. The summed E-state index contributed by atoms with van der Waals surface area (Å²) >= 11 is 0. The van der Waals surface area contributed by atoms with Crippen LogP contribution in [0.25, 0.3) is 0 Å². The fourth-order valence-electron chi connectivity index (χ4n) is 2.93. The molecule has 1 aliphatic rings. The third kappa shape index (κ3) is 2.70. The molecule has 2 aromatic heterocycles. The van der Waals surface area contributed by atoms with E-state index in [2.05, 4.69) is 15.2 Å². The van der Waals surface area contributed by atoms with Gasteiger partial charge in [0.2, 0.25) is 5.91 Å². The van der Waals surface area contributed by atoms with E-state index in [0.29, 0.717) is 6.54 Å². The van der Waals surface area contributed by atoms with E-state index in [1.54, 1.807) is 17.4 Å². The first-order chi connectivity index (χ1) is 10.2. The Morgan fingerprint density at radius 2 is 2.29 bits per heavy atom. The Balaban J connectivity index is 1.70. The SMILES string of the molecule is C[C@H](C(=O)N(C)Cc1n[nH]c2c1CCCC2)n1ccnc1. The molecule has 0 radical (unpaired) electrons. The number of hydrogen-bond donors (Lipinski definition) is 1. The van der Waals surface area contributed by atoms with Gasteiger partial charge in [-0.15, -0.1) is 0 Å². The van der Waals surface area contributed by atoms with Gasteiger partial charge in [-0.2, -0.15) is 5.10 Å². The van der Waals surface area contributed by atoms with Crippen molar-refractivity contribution in [3.05, 3.63) is 35.7 Å². The molecule has 0 fully saturated rings. The lowest BCUT2D eigenvalue weighted by molar-refractivity contribution is -0.133. The summed E-state index contributed by atoms with van der Waals surface area (Å²) in [6.45, 7) is 2.45. The van der Waals surface area contributed by atoms with E-state index < -0.39 is 0 Å². The largest absolute Gasteiger partial charge is 0.338 e. The van der Waals surface area contributed by atoms with Gasteiger partial charge in [0.1, 0.15) is 6.04 Å². The van der Waals surface area contributed by atoms with E-state index in [9.17, 15) is 4.79 Å². The molecular weight excluding hydrogens is 266 g/mol. The number of aromatic amines is 1. The minimum absolute atomic E-state index is 0.0700. The first-order valence-electron chi connectivity index (χ1n) is 7.44. The third-order valence-electron chi connectivity index (χ3n) is 4.23. The average Bonchev–Trinajstić information content (AvgIpc) is 3.16. The molecule has 6 nitrogen and oxygen atoms in total. The average molecular weight is 287 g/mol. The predicted molar refractivity (Wildman–Crippen MR) is 78.6 cm³/mol. The minimum Gasteiger partial charge on any atom is -0.338 e. The number of H-pyrrole nitrogens is 1. The molecule has 0 aromatic carbocycles. The van der Waals surface area contributed by atoms with E-state index in [-0.39, 0.29) is 11.9 Å². The Kier molecular flexibility index (Phi) is 3.77. The quantitative estimate of drug-likeness (QED) is 0.930. The zero-order chi connectivity index (χ0) is 14.8. The van der Waals surface area contributed by atoms with E-state index in [4.69, 9.17) is 0 Å². The van der Waals surface area contributed by atoms with Gasteiger partial charge < -0.3 is 9.47 Å². The summed E-state index contributed by atoms with van der Waals surface area (Å²) in [4.78, 5) is 18.2. The van der Waals surface area contributed by atoms with Crippen LogP contribution >= 0.6 is 0 Å². The fraction of sp³-hybridized carbons (Fsp3) is 0.533. The van der Waals surface area contributed by atoms with Gasteiger partial charge in [-0.3, -0.25) is 9.89 Å². The van der Waals surface area contributed by atoms with Crippen molar-refractivity contribution in [3.8, 4) is 0 Å². The van der Waals surface area contributed by atoms with Crippen LogP contribution in [0.15, 0.2) is 18.7 Å². The second kappa shape index (κ2) is 5.71. The van der Waals surface area contributed by atoms with Crippen molar-refractivity contribution in [2.24, 2.45) is 0 Å². The molecule has 1 atom stereocenters. The molecule has 2 heterocycles. The monoisotopic (exact) mass is 287 g/mol. The number of likely N-dealkylation sites (N-methyl/N-ethyl adjacent to an activating group) is 1. The molecule has 0 spiro atoms. The Hall–Kier alpha value is -2.11. The zero-order valence-corrected chi connectivity index (χ0v) is 12.5. The summed E-state index contributed by atoms with van der Waals surface area (Å²) in [7, 11) is 1.83. The first kappa shape index (κ1) is 13.9. The highest BCUT2D eigenvalue weighted by Gasteiger charge is 2.22. The van der Waals surface area contributed by atoms with Crippen LogP contribution in [0.4, 0.5) is 0 Å². The lowest BCUT2D eigenvalue weighted by Crippen LogP contribution is -2.32. The number of aryl methyl sites for hydroxylation is 1. The second-order valence-corrected chi connectivity index (χ2v) is 5.71. The van der Waals surface area contributed by atoms with Crippen LogP contribution in [0, 0.1) is 0 Å². The summed E-state index contributed by atoms with van der Waals surface area (Å²) in [6.07, 6.45) is 9.75.